The van der Waals surface area contributed by atoms with E-state index in [-0.39, 0.29) is 11.9 Å². The Hall–Kier alpha value is -2.17. The van der Waals surface area contributed by atoms with Crippen molar-refractivity contribution in [3.8, 4) is 0 Å². The molecule has 3 heterocycles. The van der Waals surface area contributed by atoms with Crippen LogP contribution in [0.1, 0.15) is 74.0 Å². The molecule has 0 bridgehead atoms. The fourth-order valence-corrected chi connectivity index (χ4v) is 5.85. The van der Waals surface area contributed by atoms with E-state index in [4.69, 9.17) is 5.10 Å². The number of amides is 1. The summed E-state index contributed by atoms with van der Waals surface area (Å²) in [4.78, 5) is 19.4. The first-order valence-corrected chi connectivity index (χ1v) is 10.7. The molecule has 3 aliphatic rings. The van der Waals surface area contributed by atoms with E-state index >= 15 is 0 Å². The quantitative estimate of drug-likeness (QED) is 0.807. The zero-order chi connectivity index (χ0) is 19.5. The van der Waals surface area contributed by atoms with Crippen molar-refractivity contribution in [2.24, 2.45) is 11.3 Å². The third kappa shape index (κ3) is 2.70. The molecule has 5 rings (SSSR count). The number of nitrogens with zero attached hydrogens (tertiary/aromatic N) is 4. The molecule has 0 aromatic carbocycles. The van der Waals surface area contributed by atoms with Crippen LogP contribution in [-0.2, 0) is 17.8 Å². The van der Waals surface area contributed by atoms with Crippen LogP contribution in [0.5, 0.6) is 0 Å². The first-order valence-electron chi connectivity index (χ1n) is 10.7. The van der Waals surface area contributed by atoms with E-state index in [1.165, 1.54) is 23.4 Å². The lowest BCUT2D eigenvalue weighted by atomic mass is 9.96. The summed E-state index contributed by atoms with van der Waals surface area (Å²) in [6, 6.07) is 4.24. The number of carbonyl (C=O) groups excluding carboxylic acids is 1. The van der Waals surface area contributed by atoms with Gasteiger partial charge in [-0.25, -0.2) is 0 Å². The molecule has 1 saturated carbocycles. The van der Waals surface area contributed by atoms with Gasteiger partial charge in [-0.05, 0) is 61.5 Å². The number of carbonyl (C=O) groups is 1. The van der Waals surface area contributed by atoms with Crippen LogP contribution in [0.2, 0.25) is 0 Å². The first kappa shape index (κ1) is 17.9. The van der Waals surface area contributed by atoms with Crippen LogP contribution < -0.4 is 0 Å². The van der Waals surface area contributed by atoms with Gasteiger partial charge in [0.1, 0.15) is 0 Å². The standard InChI is InChI=1S/C23H30N4O/c1-15-21-19(13-17-22(21)23(17,2)3)27(25-15)12-9-20(28)26-11-5-4-8-18(26)16-7-6-10-24-14-16/h6-7,10,14,17-18,22H,4-5,8-9,11-13H2,1-3H3/t17-,18+,22-/m1/s1. The number of pyridine rings is 1. The molecule has 2 aromatic rings. The topological polar surface area (TPSA) is 51.0 Å². The van der Waals surface area contributed by atoms with E-state index in [1.807, 2.05) is 12.3 Å². The van der Waals surface area contributed by atoms with Gasteiger partial charge >= 0.3 is 0 Å². The van der Waals surface area contributed by atoms with E-state index in [9.17, 15) is 4.79 Å². The maximum Gasteiger partial charge on any atom is 0.224 e. The largest absolute Gasteiger partial charge is 0.336 e. The molecule has 5 heteroatoms. The second-order valence-electron chi connectivity index (χ2n) is 9.41. The lowest BCUT2D eigenvalue weighted by Crippen LogP contribution is -2.39. The zero-order valence-electron chi connectivity index (χ0n) is 17.2. The summed E-state index contributed by atoms with van der Waals surface area (Å²) in [5, 5.41) is 4.81. The summed E-state index contributed by atoms with van der Waals surface area (Å²) in [6.07, 6.45) is 8.67. The van der Waals surface area contributed by atoms with Gasteiger partial charge in [-0.2, -0.15) is 5.10 Å². The molecule has 1 amide bonds. The van der Waals surface area contributed by atoms with E-state index in [2.05, 4.69) is 41.4 Å². The molecule has 0 unspecified atom stereocenters. The van der Waals surface area contributed by atoms with E-state index in [0.717, 1.165) is 37.3 Å². The van der Waals surface area contributed by atoms with Gasteiger partial charge in [0, 0.05) is 43.2 Å². The molecular weight excluding hydrogens is 348 g/mol. The Morgan fingerprint density at radius 1 is 1.32 bits per heavy atom. The average Bonchev–Trinajstić information content (AvgIpc) is 3.04. The summed E-state index contributed by atoms with van der Waals surface area (Å²) in [5.41, 5.74) is 5.64. The second-order valence-corrected chi connectivity index (χ2v) is 9.41. The van der Waals surface area contributed by atoms with Crippen molar-refractivity contribution in [3.05, 3.63) is 47.0 Å². The molecule has 0 radical (unpaired) electrons. The number of aromatic nitrogens is 3. The summed E-state index contributed by atoms with van der Waals surface area (Å²) >= 11 is 0. The van der Waals surface area contributed by atoms with Crippen molar-refractivity contribution in [2.45, 2.75) is 71.4 Å². The number of likely N-dealkylation sites (tertiary alicyclic amines) is 1. The number of fused-ring (bicyclic) bond motifs is 3. The highest BCUT2D eigenvalue weighted by atomic mass is 16.2. The van der Waals surface area contributed by atoms with Gasteiger partial charge in [0.05, 0.1) is 11.7 Å². The first-order chi connectivity index (χ1) is 13.5. The Balaban J connectivity index is 1.29. The molecule has 2 aliphatic carbocycles. The van der Waals surface area contributed by atoms with Crippen molar-refractivity contribution >= 4 is 5.91 Å². The molecule has 1 aliphatic heterocycles. The molecule has 2 aromatic heterocycles. The van der Waals surface area contributed by atoms with Crippen LogP contribution >= 0.6 is 0 Å². The molecule has 5 nitrogen and oxygen atoms in total. The minimum atomic E-state index is 0.175. The van der Waals surface area contributed by atoms with Crippen molar-refractivity contribution in [3.63, 3.8) is 0 Å². The number of hydrogen-bond donors (Lipinski definition) is 0. The Morgan fingerprint density at radius 3 is 2.96 bits per heavy atom. The second kappa shape index (κ2) is 6.43. The minimum absolute atomic E-state index is 0.175. The van der Waals surface area contributed by atoms with Crippen molar-refractivity contribution < 1.29 is 4.79 Å². The Bertz CT molecular complexity index is 901. The monoisotopic (exact) mass is 378 g/mol. The maximum atomic E-state index is 13.1. The average molecular weight is 379 g/mol. The van der Waals surface area contributed by atoms with Crippen LogP contribution in [0.25, 0.3) is 0 Å². The number of piperidine rings is 1. The number of hydrogen-bond acceptors (Lipinski definition) is 3. The molecular formula is C23H30N4O. The van der Waals surface area contributed by atoms with Crippen LogP contribution in [0.15, 0.2) is 24.5 Å². The van der Waals surface area contributed by atoms with Gasteiger partial charge in [-0.3, -0.25) is 14.5 Å². The van der Waals surface area contributed by atoms with Crippen molar-refractivity contribution in [1.29, 1.82) is 0 Å². The highest BCUT2D eigenvalue weighted by Crippen LogP contribution is 2.70. The van der Waals surface area contributed by atoms with Crippen molar-refractivity contribution in [1.82, 2.24) is 19.7 Å². The van der Waals surface area contributed by atoms with Gasteiger partial charge in [0.25, 0.3) is 0 Å². The minimum Gasteiger partial charge on any atom is -0.336 e. The predicted molar refractivity (Wildman–Crippen MR) is 108 cm³/mol. The lowest BCUT2D eigenvalue weighted by molar-refractivity contribution is -0.135. The molecule has 1 saturated heterocycles. The molecule has 0 spiro atoms. The third-order valence-corrected chi connectivity index (χ3v) is 7.49. The van der Waals surface area contributed by atoms with Gasteiger partial charge in [-0.1, -0.05) is 19.9 Å². The van der Waals surface area contributed by atoms with E-state index < -0.39 is 0 Å². The Morgan fingerprint density at radius 2 is 2.18 bits per heavy atom. The highest BCUT2D eigenvalue weighted by molar-refractivity contribution is 5.76. The molecule has 28 heavy (non-hydrogen) atoms. The highest BCUT2D eigenvalue weighted by Gasteiger charge is 2.63. The molecule has 2 fully saturated rings. The summed E-state index contributed by atoms with van der Waals surface area (Å²) in [5.74, 6) is 1.71. The summed E-state index contributed by atoms with van der Waals surface area (Å²) in [7, 11) is 0. The van der Waals surface area contributed by atoms with E-state index in [1.54, 1.807) is 6.20 Å². The normalized spacial score (nSPS) is 27.4. The lowest BCUT2D eigenvalue weighted by Gasteiger charge is -2.36. The molecule has 0 N–H and O–H groups in total. The smallest absolute Gasteiger partial charge is 0.224 e. The van der Waals surface area contributed by atoms with Gasteiger partial charge in [0.2, 0.25) is 5.91 Å². The van der Waals surface area contributed by atoms with Crippen LogP contribution in [0, 0.1) is 18.3 Å². The van der Waals surface area contributed by atoms with Crippen LogP contribution in [0.4, 0.5) is 0 Å². The van der Waals surface area contributed by atoms with E-state index in [0.29, 0.717) is 24.3 Å². The SMILES string of the molecule is Cc1nn(CCC(=O)N2CCCC[C@H]2c2cccnc2)c2c1[C@H]1[C@@H](C2)C1(C)C. The van der Waals surface area contributed by atoms with Gasteiger partial charge in [-0.15, -0.1) is 0 Å². The third-order valence-electron chi connectivity index (χ3n) is 7.49. The molecule has 148 valence electrons. The maximum absolute atomic E-state index is 13.1. The predicted octanol–water partition coefficient (Wildman–Crippen LogP) is 4.03. The molecule has 3 atom stereocenters. The number of aryl methyl sites for hydroxylation is 2. The van der Waals surface area contributed by atoms with Crippen LogP contribution in [0.3, 0.4) is 0 Å². The summed E-state index contributed by atoms with van der Waals surface area (Å²) < 4.78 is 2.13. The Labute approximate surface area is 167 Å². The van der Waals surface area contributed by atoms with Gasteiger partial charge < -0.3 is 4.90 Å². The van der Waals surface area contributed by atoms with Crippen LogP contribution in [-0.4, -0.2) is 32.1 Å². The summed E-state index contributed by atoms with van der Waals surface area (Å²) in [6.45, 7) is 8.44. The number of rotatable bonds is 4. The fraction of sp³-hybridized carbons (Fsp3) is 0.609. The van der Waals surface area contributed by atoms with Crippen molar-refractivity contribution in [2.75, 3.05) is 6.54 Å². The van der Waals surface area contributed by atoms with Gasteiger partial charge in [0.15, 0.2) is 0 Å². The zero-order valence-corrected chi connectivity index (χ0v) is 17.2. The fourth-order valence-electron chi connectivity index (χ4n) is 5.85. The Kier molecular flexibility index (Phi) is 4.11.